The summed E-state index contributed by atoms with van der Waals surface area (Å²) in [7, 11) is 0. The van der Waals surface area contributed by atoms with Crippen molar-refractivity contribution < 1.29 is 39.9 Å². The maximum Gasteiger partial charge on any atom is 0.252 e. The van der Waals surface area contributed by atoms with Gasteiger partial charge in [-0.05, 0) is 191 Å². The van der Waals surface area contributed by atoms with E-state index in [4.69, 9.17) is 4.74 Å². The first-order valence-electron chi connectivity index (χ1n) is 35.2. The van der Waals surface area contributed by atoms with Gasteiger partial charge in [0.2, 0.25) is 0 Å². The van der Waals surface area contributed by atoms with Gasteiger partial charge in [-0.25, -0.2) is 35.1 Å². The lowest BCUT2D eigenvalue weighted by Gasteiger charge is -2.53. The summed E-state index contributed by atoms with van der Waals surface area (Å²) in [5.41, 5.74) is 20.4. The highest BCUT2D eigenvalue weighted by molar-refractivity contribution is 7.06. The minimum atomic E-state index is -0.882. The zero-order valence-corrected chi connectivity index (χ0v) is 56.1. The van der Waals surface area contributed by atoms with Crippen LogP contribution in [0.3, 0.4) is 0 Å². The van der Waals surface area contributed by atoms with Crippen LogP contribution in [0.4, 0.5) is 120 Å². The van der Waals surface area contributed by atoms with Crippen LogP contribution < -0.4 is 78.4 Å². The lowest BCUT2D eigenvalue weighted by Crippen LogP contribution is -2.69. The van der Waals surface area contributed by atoms with Crippen LogP contribution in [0.5, 0.6) is 11.5 Å². The van der Waals surface area contributed by atoms with Crippen molar-refractivity contribution in [2.75, 3.05) is 24.5 Å². The topological polar surface area (TPSA) is 25.4 Å². The van der Waals surface area contributed by atoms with Crippen LogP contribution in [0.15, 0.2) is 291 Å². The Morgan fingerprint density at radius 2 is 0.505 bits per heavy atom. The Morgan fingerprint density at radius 1 is 0.196 bits per heavy atom. The Hall–Kier alpha value is -13.3. The number of benzene rings is 15. The van der Waals surface area contributed by atoms with Gasteiger partial charge in [0.25, 0.3) is 20.1 Å². The van der Waals surface area contributed by atoms with Crippen LogP contribution in [-0.2, 0) is 0 Å². The average Bonchev–Trinajstić information content (AvgIpc) is 0.658. The number of hydrogen-bond acceptors (Lipinski definition) is 6. The number of anilines is 15. The van der Waals surface area contributed by atoms with Crippen LogP contribution in [0.1, 0.15) is 0 Å². The molecule has 504 valence electrons. The molecule has 0 bridgehead atoms. The highest BCUT2D eigenvalue weighted by Gasteiger charge is 2.56. The first-order valence-corrected chi connectivity index (χ1v) is 35.2. The summed E-state index contributed by atoms with van der Waals surface area (Å²) in [6.45, 7) is -2.21. The lowest BCUT2D eigenvalue weighted by molar-refractivity contribution is 0.478. The van der Waals surface area contributed by atoms with Crippen molar-refractivity contribution in [1.82, 2.24) is 0 Å². The summed E-state index contributed by atoms with van der Waals surface area (Å²) >= 11 is 0. The Morgan fingerprint density at radius 3 is 0.888 bits per heavy atom. The van der Waals surface area contributed by atoms with E-state index in [2.05, 4.69) is 59.5 Å². The molecule has 0 N–H and O–H groups in total. The second-order valence-electron chi connectivity index (χ2n) is 28.2. The van der Waals surface area contributed by atoms with Gasteiger partial charge in [-0.15, -0.1) is 0 Å². The smallest absolute Gasteiger partial charge is 0.252 e. The molecule has 0 spiro atoms. The van der Waals surface area contributed by atoms with Crippen molar-refractivity contribution in [3.63, 3.8) is 0 Å². The zero-order chi connectivity index (χ0) is 71.5. The van der Waals surface area contributed by atoms with E-state index < -0.39 is 66.7 Å². The van der Waals surface area contributed by atoms with Crippen molar-refractivity contribution in [1.29, 1.82) is 0 Å². The quantitative estimate of drug-likeness (QED) is 0.111. The van der Waals surface area contributed by atoms with E-state index in [1.165, 1.54) is 48.5 Å². The minimum absolute atomic E-state index is 0.0698. The molecule has 0 aliphatic carbocycles. The fourth-order valence-corrected chi connectivity index (χ4v) is 18.3. The first kappa shape index (κ1) is 61.2. The summed E-state index contributed by atoms with van der Waals surface area (Å²) in [6, 6.07) is 85.8. The van der Waals surface area contributed by atoms with E-state index in [1.54, 1.807) is 11.0 Å². The standard InChI is InChI=1S/C90H48B3F8N5O/c94-57-34-58(95)39-65(38-57)102-75-26-24-53(49-14-5-1-6-15-49)28-69(75)91-71-46-72-80(47-79(71)104(67-42-61(98)36-62(99)43-67)78-23-13-22-77(102)85(78)91)105(68-44-63(100)37-64(101)45-68)82-48-81-86-90-87(82)93(72)74-31-56(52-20-11-4-12-21-52)33-84-89(74)106(90)88-73(30-55(32-83(88)107-84)51-18-9-3-10-19-51)92(86)70-29-54(50-16-7-2-8-17-50)25-27-76(70)103(81)66-40-59(96)35-60(97)41-66/h1-48H. The highest BCUT2D eigenvalue weighted by atomic mass is 19.2. The molecule has 0 saturated carbocycles. The molecule has 7 aliphatic heterocycles. The molecule has 7 heterocycles. The molecule has 0 unspecified atom stereocenters. The fourth-order valence-electron chi connectivity index (χ4n) is 18.3. The third kappa shape index (κ3) is 9.03. The highest BCUT2D eigenvalue weighted by Crippen LogP contribution is 2.58. The maximum absolute atomic E-state index is 17.0. The number of rotatable bonds is 8. The van der Waals surface area contributed by atoms with Crippen LogP contribution in [0.25, 0.3) is 44.5 Å². The molecule has 15 aromatic carbocycles. The van der Waals surface area contributed by atoms with Gasteiger partial charge in [0.1, 0.15) is 46.5 Å². The molecular weight excluding hydrogens is 1350 g/mol. The SMILES string of the molecule is Fc1cc(F)cc(N2c3ccc(-c4ccccc4)cc3B3c4cc5c(cc4N(c4cc(F)cc(F)c4)c4cccc2c43)N(c2cc(F)cc(F)c2)c2cc3c4c6c2B5c2cc(-c5ccccc5)cc5c2N6c2c(cc(-c6ccccc6)cc2B4c2cc(-c4ccccc4)ccc2N3c2cc(F)cc(F)c2)O5)c1. The number of halogens is 8. The van der Waals surface area contributed by atoms with Crippen molar-refractivity contribution in [2.24, 2.45) is 0 Å². The Bertz CT molecular complexity index is 6350. The molecule has 7 aliphatic rings. The molecule has 107 heavy (non-hydrogen) atoms. The van der Waals surface area contributed by atoms with E-state index in [0.29, 0.717) is 84.8 Å². The predicted molar refractivity (Wildman–Crippen MR) is 415 cm³/mol. The van der Waals surface area contributed by atoms with Crippen molar-refractivity contribution in [3.05, 3.63) is 338 Å². The zero-order valence-electron chi connectivity index (χ0n) is 56.1. The van der Waals surface area contributed by atoms with Gasteiger partial charge in [0.05, 0.1) is 34.1 Å². The lowest BCUT2D eigenvalue weighted by atomic mass is 9.27. The monoisotopic (exact) mass is 1400 g/mol. The predicted octanol–water partition coefficient (Wildman–Crippen LogP) is 18.4. The van der Waals surface area contributed by atoms with Crippen LogP contribution in [0, 0.1) is 46.5 Å². The van der Waals surface area contributed by atoms with Gasteiger partial charge in [0, 0.05) is 75.5 Å². The average molecular weight is 1400 g/mol. The molecule has 15 aromatic rings. The second kappa shape index (κ2) is 22.6. The Balaban J connectivity index is 0.909. The molecule has 0 atom stereocenters. The van der Waals surface area contributed by atoms with Crippen molar-refractivity contribution in [2.45, 2.75) is 0 Å². The molecule has 0 amide bonds. The van der Waals surface area contributed by atoms with Gasteiger partial charge in [-0.3, -0.25) is 0 Å². The van der Waals surface area contributed by atoms with Gasteiger partial charge in [0.15, 0.2) is 11.5 Å². The third-order valence-electron chi connectivity index (χ3n) is 22.2. The van der Waals surface area contributed by atoms with Gasteiger partial charge in [-0.2, -0.15) is 0 Å². The van der Waals surface area contributed by atoms with Gasteiger partial charge < -0.3 is 29.2 Å². The van der Waals surface area contributed by atoms with E-state index in [0.717, 1.165) is 107 Å². The van der Waals surface area contributed by atoms with Gasteiger partial charge >= 0.3 is 0 Å². The molecule has 0 saturated heterocycles. The third-order valence-corrected chi connectivity index (χ3v) is 22.2. The van der Waals surface area contributed by atoms with E-state index in [9.17, 15) is 0 Å². The molecule has 17 heteroatoms. The molecule has 0 aromatic heterocycles. The number of nitrogens with zero attached hydrogens (tertiary/aromatic N) is 5. The summed E-state index contributed by atoms with van der Waals surface area (Å²) in [5, 5.41) is 0. The molecule has 0 radical (unpaired) electrons. The van der Waals surface area contributed by atoms with Crippen LogP contribution in [0.2, 0.25) is 0 Å². The molecule has 6 nitrogen and oxygen atoms in total. The molecule has 22 rings (SSSR count). The maximum atomic E-state index is 17.0. The van der Waals surface area contributed by atoms with Crippen molar-refractivity contribution in [3.8, 4) is 56.0 Å². The number of fused-ring (bicyclic) bond motifs is 10. The van der Waals surface area contributed by atoms with Gasteiger partial charge in [-0.1, -0.05) is 170 Å². The summed E-state index contributed by atoms with van der Waals surface area (Å²) < 4.78 is 140. The van der Waals surface area contributed by atoms with Crippen LogP contribution >= 0.6 is 0 Å². The largest absolute Gasteiger partial charge is 0.453 e. The summed E-state index contributed by atoms with van der Waals surface area (Å²) in [5.74, 6) is -5.68. The summed E-state index contributed by atoms with van der Waals surface area (Å²) in [4.78, 5) is 9.63. The molecule has 0 fully saturated rings. The van der Waals surface area contributed by atoms with E-state index >= 15 is 35.1 Å². The van der Waals surface area contributed by atoms with Crippen LogP contribution in [-0.4, -0.2) is 20.1 Å². The minimum Gasteiger partial charge on any atom is -0.453 e. The number of hydrogen-bond donors (Lipinski definition) is 0. The molecular formula is C90H48B3F8N5O. The first-order chi connectivity index (χ1) is 52.3. The second-order valence-corrected chi connectivity index (χ2v) is 28.2. The summed E-state index contributed by atoms with van der Waals surface area (Å²) in [6.07, 6.45) is 0. The van der Waals surface area contributed by atoms with E-state index in [-0.39, 0.29) is 22.7 Å². The number of ether oxygens (including phenoxy) is 1. The Labute approximate surface area is 609 Å². The Kier molecular flexibility index (Phi) is 12.9. The fraction of sp³-hybridized carbons (Fsp3) is 0. The van der Waals surface area contributed by atoms with Crippen molar-refractivity contribution >= 4 is 155 Å². The normalized spacial score (nSPS) is 13.7. The van der Waals surface area contributed by atoms with E-state index in [1.807, 2.05) is 172 Å².